The molecule has 2 heterocycles. The first kappa shape index (κ1) is 15.1. The molecule has 0 radical (unpaired) electrons. The number of nitrogens with zero attached hydrogens (tertiary/aromatic N) is 1. The molecule has 2 aliphatic rings. The molecule has 2 atom stereocenters. The van der Waals surface area contributed by atoms with E-state index in [-0.39, 0.29) is 23.4 Å². The van der Waals surface area contributed by atoms with E-state index in [9.17, 15) is 9.59 Å². The Hall–Kier alpha value is -1.30. The summed E-state index contributed by atoms with van der Waals surface area (Å²) in [6.07, 6.45) is 2.53. The number of nitrogens with one attached hydrogen (secondary N) is 2. The largest absolute Gasteiger partial charge is 0.453 e. The van der Waals surface area contributed by atoms with Crippen molar-refractivity contribution in [2.45, 2.75) is 45.2 Å². The van der Waals surface area contributed by atoms with E-state index in [1.165, 1.54) is 7.11 Å². The van der Waals surface area contributed by atoms with Gasteiger partial charge >= 0.3 is 6.09 Å². The van der Waals surface area contributed by atoms with Gasteiger partial charge in [0.05, 0.1) is 19.2 Å². The first-order chi connectivity index (χ1) is 9.44. The van der Waals surface area contributed by atoms with Gasteiger partial charge in [0, 0.05) is 13.1 Å². The predicted octanol–water partition coefficient (Wildman–Crippen LogP) is 0.721. The lowest BCUT2D eigenvalue weighted by atomic mass is 9.77. The monoisotopic (exact) mass is 283 g/mol. The number of rotatable bonds is 2. The molecule has 0 aromatic rings. The number of alkyl carbamates (subject to hydrolysis) is 1. The standard InChI is InChI=1S/C14H25N3O3/c1-14(2)6-4-7-15-11(14)12(18)17-8-5-10(9-17)16-13(19)20-3/h10-11,15H,4-9H2,1-3H3,(H,16,19). The van der Waals surface area contributed by atoms with E-state index in [1.54, 1.807) is 0 Å². The number of carbonyl (C=O) groups excluding carboxylic acids is 2. The molecule has 2 rings (SSSR count). The van der Waals surface area contributed by atoms with E-state index in [4.69, 9.17) is 0 Å². The third kappa shape index (κ3) is 3.23. The number of hydrogen-bond donors (Lipinski definition) is 2. The summed E-state index contributed by atoms with van der Waals surface area (Å²) in [6, 6.07) is -0.119. The maximum Gasteiger partial charge on any atom is 0.407 e. The molecule has 2 unspecified atom stereocenters. The molecule has 114 valence electrons. The highest BCUT2D eigenvalue weighted by atomic mass is 16.5. The Morgan fingerprint density at radius 1 is 1.40 bits per heavy atom. The van der Waals surface area contributed by atoms with Crippen molar-refractivity contribution in [2.24, 2.45) is 5.41 Å². The molecule has 0 bridgehead atoms. The molecule has 6 nitrogen and oxygen atoms in total. The predicted molar refractivity (Wildman–Crippen MR) is 75.3 cm³/mol. The van der Waals surface area contributed by atoms with Gasteiger partial charge in [0.15, 0.2) is 0 Å². The lowest BCUT2D eigenvalue weighted by Crippen LogP contribution is -2.56. The number of methoxy groups -OCH3 is 1. The quantitative estimate of drug-likeness (QED) is 0.783. The minimum atomic E-state index is -0.430. The summed E-state index contributed by atoms with van der Waals surface area (Å²) < 4.78 is 4.59. The van der Waals surface area contributed by atoms with Gasteiger partial charge in [-0.05, 0) is 31.2 Å². The van der Waals surface area contributed by atoms with Crippen LogP contribution in [0.25, 0.3) is 0 Å². The van der Waals surface area contributed by atoms with E-state index in [0.717, 1.165) is 25.8 Å². The molecule has 2 N–H and O–H groups in total. The van der Waals surface area contributed by atoms with Crippen molar-refractivity contribution in [3.8, 4) is 0 Å². The van der Waals surface area contributed by atoms with Gasteiger partial charge in [0.1, 0.15) is 0 Å². The fourth-order valence-corrected chi connectivity index (χ4v) is 3.12. The second-order valence-electron chi connectivity index (χ2n) is 6.39. The molecular formula is C14H25N3O3. The molecule has 0 aliphatic carbocycles. The summed E-state index contributed by atoms with van der Waals surface area (Å²) in [5.41, 5.74) is -0.0107. The van der Waals surface area contributed by atoms with Gasteiger partial charge in [0.2, 0.25) is 5.91 Å². The Morgan fingerprint density at radius 2 is 2.15 bits per heavy atom. The van der Waals surface area contributed by atoms with Crippen LogP contribution >= 0.6 is 0 Å². The number of hydrogen-bond acceptors (Lipinski definition) is 4. The zero-order valence-electron chi connectivity index (χ0n) is 12.6. The Kier molecular flexibility index (Phi) is 4.52. The van der Waals surface area contributed by atoms with Crippen LogP contribution < -0.4 is 10.6 Å². The van der Waals surface area contributed by atoms with Crippen LogP contribution in [0.5, 0.6) is 0 Å². The second-order valence-corrected chi connectivity index (χ2v) is 6.39. The molecular weight excluding hydrogens is 258 g/mol. The summed E-state index contributed by atoms with van der Waals surface area (Å²) in [4.78, 5) is 25.7. The molecule has 2 amide bonds. The first-order valence-electron chi connectivity index (χ1n) is 7.30. The number of carbonyl (C=O) groups is 2. The fraction of sp³-hybridized carbons (Fsp3) is 0.857. The highest BCUT2D eigenvalue weighted by molar-refractivity contribution is 5.83. The van der Waals surface area contributed by atoms with Crippen LogP contribution in [-0.2, 0) is 9.53 Å². The SMILES string of the molecule is COC(=O)NC1CCN(C(=O)C2NCCCC2(C)C)C1. The van der Waals surface area contributed by atoms with Crippen molar-refractivity contribution in [3.05, 3.63) is 0 Å². The second kappa shape index (κ2) is 5.99. The zero-order chi connectivity index (χ0) is 14.8. The maximum absolute atomic E-state index is 12.6. The average molecular weight is 283 g/mol. The maximum atomic E-state index is 12.6. The van der Waals surface area contributed by atoms with E-state index in [2.05, 4.69) is 29.2 Å². The molecule has 2 fully saturated rings. The lowest BCUT2D eigenvalue weighted by molar-refractivity contribution is -0.136. The van der Waals surface area contributed by atoms with Crippen LogP contribution in [0.1, 0.15) is 33.1 Å². The summed E-state index contributed by atoms with van der Waals surface area (Å²) in [6.45, 7) is 6.45. The van der Waals surface area contributed by atoms with Crippen LogP contribution in [0.3, 0.4) is 0 Å². The van der Waals surface area contributed by atoms with E-state index in [1.807, 2.05) is 4.90 Å². The highest BCUT2D eigenvalue weighted by Gasteiger charge is 2.41. The van der Waals surface area contributed by atoms with Crippen LogP contribution in [0.2, 0.25) is 0 Å². The fourth-order valence-electron chi connectivity index (χ4n) is 3.12. The average Bonchev–Trinajstić information content (AvgIpc) is 2.86. The van der Waals surface area contributed by atoms with E-state index in [0.29, 0.717) is 13.1 Å². The minimum Gasteiger partial charge on any atom is -0.453 e. The summed E-state index contributed by atoms with van der Waals surface area (Å²) >= 11 is 0. The minimum absolute atomic E-state index is 0.00176. The Morgan fingerprint density at radius 3 is 2.80 bits per heavy atom. The smallest absolute Gasteiger partial charge is 0.407 e. The van der Waals surface area contributed by atoms with E-state index >= 15 is 0 Å². The molecule has 2 saturated heterocycles. The molecule has 0 aromatic heterocycles. The number of amides is 2. The zero-order valence-corrected chi connectivity index (χ0v) is 12.6. The molecule has 2 aliphatic heterocycles. The normalized spacial score (nSPS) is 29.1. The van der Waals surface area contributed by atoms with Crippen molar-refractivity contribution in [3.63, 3.8) is 0 Å². The molecule has 0 saturated carbocycles. The van der Waals surface area contributed by atoms with Crippen molar-refractivity contribution in [1.82, 2.24) is 15.5 Å². The van der Waals surface area contributed by atoms with Crippen LogP contribution in [0.4, 0.5) is 4.79 Å². The number of likely N-dealkylation sites (tertiary alicyclic amines) is 1. The van der Waals surface area contributed by atoms with Crippen LogP contribution in [-0.4, -0.2) is 55.7 Å². The summed E-state index contributed by atoms with van der Waals surface area (Å²) in [5.74, 6) is 0.156. The Bertz CT molecular complexity index is 384. The molecule has 6 heteroatoms. The molecule has 0 spiro atoms. The van der Waals surface area contributed by atoms with Crippen LogP contribution in [0.15, 0.2) is 0 Å². The number of piperidine rings is 1. The molecule has 0 aromatic carbocycles. The van der Waals surface area contributed by atoms with Crippen molar-refractivity contribution in [2.75, 3.05) is 26.7 Å². The number of ether oxygens (including phenoxy) is 1. The van der Waals surface area contributed by atoms with Gasteiger partial charge in [-0.2, -0.15) is 0 Å². The lowest BCUT2D eigenvalue weighted by Gasteiger charge is -2.40. The third-order valence-electron chi connectivity index (χ3n) is 4.38. The van der Waals surface area contributed by atoms with E-state index < -0.39 is 6.09 Å². The third-order valence-corrected chi connectivity index (χ3v) is 4.38. The van der Waals surface area contributed by atoms with Gasteiger partial charge in [-0.25, -0.2) is 4.79 Å². The van der Waals surface area contributed by atoms with Crippen molar-refractivity contribution >= 4 is 12.0 Å². The van der Waals surface area contributed by atoms with Crippen LogP contribution in [0, 0.1) is 5.41 Å². The van der Waals surface area contributed by atoms with Gasteiger partial charge in [0.25, 0.3) is 0 Å². The van der Waals surface area contributed by atoms with Gasteiger partial charge in [-0.1, -0.05) is 13.8 Å². The topological polar surface area (TPSA) is 70.7 Å². The highest BCUT2D eigenvalue weighted by Crippen LogP contribution is 2.31. The van der Waals surface area contributed by atoms with Crippen molar-refractivity contribution < 1.29 is 14.3 Å². The Balaban J connectivity index is 1.92. The summed E-state index contributed by atoms with van der Waals surface area (Å²) in [5, 5.41) is 6.11. The van der Waals surface area contributed by atoms with Gasteiger partial charge in [-0.3, -0.25) is 4.79 Å². The molecule has 20 heavy (non-hydrogen) atoms. The van der Waals surface area contributed by atoms with Gasteiger partial charge < -0.3 is 20.3 Å². The first-order valence-corrected chi connectivity index (χ1v) is 7.30. The van der Waals surface area contributed by atoms with Gasteiger partial charge in [-0.15, -0.1) is 0 Å². The Labute approximate surface area is 120 Å². The van der Waals surface area contributed by atoms with Crippen molar-refractivity contribution in [1.29, 1.82) is 0 Å². The summed E-state index contributed by atoms with van der Waals surface area (Å²) in [7, 11) is 1.35.